The van der Waals surface area contributed by atoms with E-state index in [4.69, 9.17) is 14.2 Å². The zero-order valence-corrected chi connectivity index (χ0v) is 50.8. The summed E-state index contributed by atoms with van der Waals surface area (Å²) in [6.07, 6.45) is 95.2. The van der Waals surface area contributed by atoms with Crippen LogP contribution in [0.4, 0.5) is 0 Å². The van der Waals surface area contributed by atoms with E-state index in [1.54, 1.807) is 0 Å². The Hall–Kier alpha value is -4.97. The van der Waals surface area contributed by atoms with E-state index in [0.717, 1.165) is 161 Å². The van der Waals surface area contributed by atoms with Gasteiger partial charge in [-0.15, -0.1) is 0 Å². The topological polar surface area (TPSA) is 78.9 Å². The number of hydrogen-bond donors (Lipinski definition) is 0. The molecule has 1 atom stereocenters. The summed E-state index contributed by atoms with van der Waals surface area (Å²) in [6, 6.07) is 0. The molecule has 0 amide bonds. The van der Waals surface area contributed by atoms with E-state index in [0.29, 0.717) is 19.3 Å². The van der Waals surface area contributed by atoms with Crippen LogP contribution in [-0.2, 0) is 28.6 Å². The summed E-state index contributed by atoms with van der Waals surface area (Å²) in [5, 5.41) is 0. The highest BCUT2D eigenvalue weighted by Crippen LogP contribution is 2.14. The van der Waals surface area contributed by atoms with Gasteiger partial charge >= 0.3 is 17.9 Å². The van der Waals surface area contributed by atoms with Crippen LogP contribution in [0.1, 0.15) is 265 Å². The van der Waals surface area contributed by atoms with Crippen LogP contribution in [0.15, 0.2) is 158 Å². The molecule has 0 aliphatic heterocycles. The molecule has 6 heteroatoms. The van der Waals surface area contributed by atoms with Gasteiger partial charge < -0.3 is 14.2 Å². The van der Waals surface area contributed by atoms with E-state index < -0.39 is 6.10 Å². The molecule has 0 N–H and O–H groups in total. The van der Waals surface area contributed by atoms with Crippen molar-refractivity contribution in [2.45, 2.75) is 271 Å². The summed E-state index contributed by atoms with van der Waals surface area (Å²) in [4.78, 5) is 38.3. The summed E-state index contributed by atoms with van der Waals surface area (Å²) in [5.41, 5.74) is 0. The van der Waals surface area contributed by atoms with E-state index in [9.17, 15) is 14.4 Å². The molecule has 0 fully saturated rings. The zero-order chi connectivity index (χ0) is 57.1. The van der Waals surface area contributed by atoms with Crippen LogP contribution in [0.5, 0.6) is 0 Å². The van der Waals surface area contributed by atoms with Crippen molar-refractivity contribution in [3.63, 3.8) is 0 Å². The lowest BCUT2D eigenvalue weighted by molar-refractivity contribution is -0.167. The molecular formula is C73H116O6. The van der Waals surface area contributed by atoms with Gasteiger partial charge in [-0.05, 0) is 148 Å². The molecule has 0 heterocycles. The van der Waals surface area contributed by atoms with Crippen LogP contribution >= 0.6 is 0 Å². The Morgan fingerprint density at radius 2 is 0.494 bits per heavy atom. The average Bonchev–Trinajstić information content (AvgIpc) is 3.45. The largest absolute Gasteiger partial charge is 0.462 e. The average molecular weight is 1090 g/mol. The van der Waals surface area contributed by atoms with Gasteiger partial charge in [-0.1, -0.05) is 256 Å². The predicted octanol–water partition coefficient (Wildman–Crippen LogP) is 22.1. The van der Waals surface area contributed by atoms with Crippen LogP contribution in [0.25, 0.3) is 0 Å². The maximum absolute atomic E-state index is 12.9. The first-order valence-corrected chi connectivity index (χ1v) is 32.0. The van der Waals surface area contributed by atoms with E-state index in [-0.39, 0.29) is 37.5 Å². The summed E-state index contributed by atoms with van der Waals surface area (Å²) >= 11 is 0. The van der Waals surface area contributed by atoms with Crippen molar-refractivity contribution in [3.8, 4) is 0 Å². The molecule has 0 aromatic rings. The molecule has 0 rings (SSSR count). The number of allylic oxidation sites excluding steroid dienone is 26. The Balaban J connectivity index is 4.46. The molecule has 0 radical (unpaired) electrons. The normalized spacial score (nSPS) is 13.2. The molecule has 0 aliphatic carbocycles. The number of ether oxygens (including phenoxy) is 3. The maximum atomic E-state index is 12.9. The Labute approximate surface area is 486 Å². The molecule has 0 aromatic carbocycles. The SMILES string of the molecule is CC/C=C\C/C=C\C/C=C\C/C=C\C/C=C\C/C=C\CCCCCCCCCCC(=O)OCC(COC(=O)CCCCCCC/C=C\C/C=C\CCCCC)OC(=O)CCCCC/C=C\C/C=C\C/C=C\C/C=C\C/C=C\CC. The third-order valence-electron chi connectivity index (χ3n) is 13.0. The summed E-state index contributed by atoms with van der Waals surface area (Å²) in [7, 11) is 0. The van der Waals surface area contributed by atoms with Crippen LogP contribution in [0.3, 0.4) is 0 Å². The van der Waals surface area contributed by atoms with Crippen molar-refractivity contribution < 1.29 is 28.6 Å². The van der Waals surface area contributed by atoms with E-state index in [2.05, 4.69) is 179 Å². The molecule has 0 saturated carbocycles. The second-order valence-electron chi connectivity index (χ2n) is 20.5. The lowest BCUT2D eigenvalue weighted by Crippen LogP contribution is -2.30. The molecule has 79 heavy (non-hydrogen) atoms. The molecule has 444 valence electrons. The van der Waals surface area contributed by atoms with Gasteiger partial charge in [0.05, 0.1) is 0 Å². The Kier molecular flexibility index (Phi) is 61.4. The van der Waals surface area contributed by atoms with Crippen molar-refractivity contribution in [3.05, 3.63) is 158 Å². The first-order chi connectivity index (χ1) is 39.0. The van der Waals surface area contributed by atoms with Gasteiger partial charge in [0.2, 0.25) is 0 Å². The fourth-order valence-electron chi connectivity index (χ4n) is 8.27. The number of unbranched alkanes of at least 4 members (excludes halogenated alkanes) is 19. The molecule has 0 aliphatic rings. The first-order valence-electron chi connectivity index (χ1n) is 32.0. The third kappa shape index (κ3) is 63.7. The van der Waals surface area contributed by atoms with Crippen LogP contribution in [-0.4, -0.2) is 37.2 Å². The minimum atomic E-state index is -0.814. The van der Waals surface area contributed by atoms with Crippen molar-refractivity contribution in [2.75, 3.05) is 13.2 Å². The lowest BCUT2D eigenvalue weighted by Gasteiger charge is -2.18. The van der Waals surface area contributed by atoms with Crippen molar-refractivity contribution in [1.29, 1.82) is 0 Å². The Morgan fingerprint density at radius 3 is 0.785 bits per heavy atom. The van der Waals surface area contributed by atoms with Gasteiger partial charge in [-0.2, -0.15) is 0 Å². The summed E-state index contributed by atoms with van der Waals surface area (Å²) in [6.45, 7) is 6.34. The fraction of sp³-hybridized carbons (Fsp3) is 0.603. The number of esters is 3. The highest BCUT2D eigenvalue weighted by Gasteiger charge is 2.19. The van der Waals surface area contributed by atoms with Crippen molar-refractivity contribution in [1.82, 2.24) is 0 Å². The van der Waals surface area contributed by atoms with Crippen LogP contribution in [0, 0.1) is 0 Å². The monoisotopic (exact) mass is 1090 g/mol. The van der Waals surface area contributed by atoms with Gasteiger partial charge in [0.15, 0.2) is 6.10 Å². The van der Waals surface area contributed by atoms with E-state index in [1.165, 1.54) is 57.8 Å². The molecule has 0 aromatic heterocycles. The zero-order valence-electron chi connectivity index (χ0n) is 50.8. The van der Waals surface area contributed by atoms with Crippen LogP contribution < -0.4 is 0 Å². The van der Waals surface area contributed by atoms with Gasteiger partial charge in [0.1, 0.15) is 13.2 Å². The smallest absolute Gasteiger partial charge is 0.306 e. The number of carbonyl (C=O) groups is 3. The highest BCUT2D eigenvalue weighted by molar-refractivity contribution is 5.71. The molecule has 0 spiro atoms. The fourth-order valence-corrected chi connectivity index (χ4v) is 8.27. The summed E-state index contributed by atoms with van der Waals surface area (Å²) < 4.78 is 16.9. The predicted molar refractivity (Wildman–Crippen MR) is 343 cm³/mol. The number of rotatable bonds is 56. The Morgan fingerprint density at radius 1 is 0.266 bits per heavy atom. The van der Waals surface area contributed by atoms with Crippen molar-refractivity contribution in [2.24, 2.45) is 0 Å². The quantitative estimate of drug-likeness (QED) is 0.0261. The minimum absolute atomic E-state index is 0.107. The highest BCUT2D eigenvalue weighted by atomic mass is 16.6. The number of carbonyl (C=O) groups excluding carboxylic acids is 3. The van der Waals surface area contributed by atoms with Crippen molar-refractivity contribution >= 4 is 17.9 Å². The molecule has 1 unspecified atom stereocenters. The molecule has 0 bridgehead atoms. The maximum Gasteiger partial charge on any atom is 0.306 e. The molecule has 6 nitrogen and oxygen atoms in total. The molecular weight excluding hydrogens is 973 g/mol. The summed E-state index contributed by atoms with van der Waals surface area (Å²) in [5.74, 6) is -0.964. The standard InChI is InChI=1S/C73H116O6/c1-4-7-10-13-16-19-22-25-28-30-32-33-34-35-36-37-38-39-41-42-45-48-51-54-57-60-63-66-72(75)78-69-70(68-77-71(74)65-62-59-56-53-50-47-44-27-24-21-18-15-12-9-6-3)79-73(76)67-64-61-58-55-52-49-46-43-40-31-29-26-23-20-17-14-11-8-5-2/h7-8,10-11,16-21,25-29,32-33,35-36,38-40,43-44,49,52,70H,4-6,9,12-15,22-24,30-31,34,37,41-42,45-48,50-51,53-69H2,1-3H3/b10-7-,11-8-,19-16-,20-17-,21-18-,28-25-,29-26-,33-32-,36-35-,39-38-,43-40-,44-27-,52-49-. The van der Waals surface area contributed by atoms with Crippen LogP contribution in [0.2, 0.25) is 0 Å². The van der Waals surface area contributed by atoms with Gasteiger partial charge in [0.25, 0.3) is 0 Å². The second kappa shape index (κ2) is 65.5. The van der Waals surface area contributed by atoms with E-state index >= 15 is 0 Å². The van der Waals surface area contributed by atoms with Gasteiger partial charge in [0, 0.05) is 19.3 Å². The third-order valence-corrected chi connectivity index (χ3v) is 13.0. The Bertz CT molecular complexity index is 1780. The molecule has 0 saturated heterocycles. The second-order valence-corrected chi connectivity index (χ2v) is 20.5. The van der Waals surface area contributed by atoms with Gasteiger partial charge in [-0.3, -0.25) is 14.4 Å². The van der Waals surface area contributed by atoms with Gasteiger partial charge in [-0.25, -0.2) is 0 Å². The first kappa shape index (κ1) is 74.0. The minimum Gasteiger partial charge on any atom is -0.462 e. The van der Waals surface area contributed by atoms with E-state index in [1.807, 2.05) is 0 Å². The number of hydrogen-bond acceptors (Lipinski definition) is 6. The lowest BCUT2D eigenvalue weighted by atomic mass is 10.1.